The summed E-state index contributed by atoms with van der Waals surface area (Å²) < 4.78 is 6.95. The van der Waals surface area contributed by atoms with Gasteiger partial charge in [0.2, 0.25) is 0 Å². The molecule has 0 atom stereocenters. The SMILES string of the molecule is COc1ccc(C)cc1Nc1nn(C)cc1N. The van der Waals surface area contributed by atoms with E-state index in [9.17, 15) is 0 Å². The normalized spacial score (nSPS) is 10.3. The van der Waals surface area contributed by atoms with E-state index in [1.807, 2.05) is 32.2 Å². The molecule has 2 aromatic rings. The van der Waals surface area contributed by atoms with Crippen molar-refractivity contribution in [1.29, 1.82) is 0 Å². The molecule has 2 rings (SSSR count). The van der Waals surface area contributed by atoms with Crippen LogP contribution in [0.4, 0.5) is 17.2 Å². The van der Waals surface area contributed by atoms with Gasteiger partial charge in [0.1, 0.15) is 5.75 Å². The van der Waals surface area contributed by atoms with Crippen molar-refractivity contribution in [2.24, 2.45) is 7.05 Å². The van der Waals surface area contributed by atoms with Crippen LogP contribution in [0.5, 0.6) is 5.75 Å². The average Bonchev–Trinajstić information content (AvgIpc) is 2.58. The minimum atomic E-state index is 0.607. The van der Waals surface area contributed by atoms with Gasteiger partial charge in [-0.25, -0.2) is 0 Å². The Hall–Kier alpha value is -2.17. The molecule has 0 unspecified atom stereocenters. The third-order valence-electron chi connectivity index (χ3n) is 2.47. The number of rotatable bonds is 3. The van der Waals surface area contributed by atoms with Crippen LogP contribution < -0.4 is 15.8 Å². The second-order valence-electron chi connectivity index (χ2n) is 3.94. The summed E-state index contributed by atoms with van der Waals surface area (Å²) in [6.07, 6.45) is 1.75. The van der Waals surface area contributed by atoms with Crippen molar-refractivity contribution >= 4 is 17.2 Å². The van der Waals surface area contributed by atoms with E-state index in [0.29, 0.717) is 11.5 Å². The number of hydrogen-bond acceptors (Lipinski definition) is 4. The smallest absolute Gasteiger partial charge is 0.175 e. The van der Waals surface area contributed by atoms with E-state index < -0.39 is 0 Å². The van der Waals surface area contributed by atoms with Gasteiger partial charge in [0, 0.05) is 13.2 Å². The van der Waals surface area contributed by atoms with Gasteiger partial charge in [0.15, 0.2) is 5.82 Å². The van der Waals surface area contributed by atoms with Gasteiger partial charge in [-0.15, -0.1) is 0 Å². The number of nitrogens with one attached hydrogen (secondary N) is 1. The molecular weight excluding hydrogens is 216 g/mol. The van der Waals surface area contributed by atoms with E-state index in [0.717, 1.165) is 17.0 Å². The summed E-state index contributed by atoms with van der Waals surface area (Å²) in [5, 5.41) is 7.41. The number of nitrogens with zero attached hydrogens (tertiary/aromatic N) is 2. The fourth-order valence-corrected chi connectivity index (χ4v) is 1.65. The minimum absolute atomic E-state index is 0.607. The molecule has 0 amide bonds. The van der Waals surface area contributed by atoms with E-state index in [1.165, 1.54) is 0 Å². The largest absolute Gasteiger partial charge is 0.495 e. The molecule has 0 saturated heterocycles. The van der Waals surface area contributed by atoms with E-state index >= 15 is 0 Å². The molecule has 1 heterocycles. The fraction of sp³-hybridized carbons (Fsp3) is 0.250. The Bertz CT molecular complexity index is 533. The number of anilines is 3. The quantitative estimate of drug-likeness (QED) is 0.850. The Kier molecular flexibility index (Phi) is 2.91. The lowest BCUT2D eigenvalue weighted by Crippen LogP contribution is -1.98. The van der Waals surface area contributed by atoms with Crippen molar-refractivity contribution in [1.82, 2.24) is 9.78 Å². The molecule has 1 aromatic heterocycles. The predicted molar refractivity (Wildman–Crippen MR) is 68.6 cm³/mol. The first-order valence-corrected chi connectivity index (χ1v) is 5.31. The summed E-state index contributed by atoms with van der Waals surface area (Å²) in [6.45, 7) is 2.02. The molecule has 0 aliphatic rings. The van der Waals surface area contributed by atoms with Crippen LogP contribution in [0.25, 0.3) is 0 Å². The predicted octanol–water partition coefficient (Wildman–Crippen LogP) is 2.06. The topological polar surface area (TPSA) is 65.1 Å². The maximum atomic E-state index is 5.83. The number of hydrogen-bond donors (Lipinski definition) is 2. The molecular formula is C12H16N4O. The molecule has 3 N–H and O–H groups in total. The molecule has 0 radical (unpaired) electrons. The molecule has 0 saturated carbocycles. The van der Waals surface area contributed by atoms with Crippen LogP contribution >= 0.6 is 0 Å². The average molecular weight is 232 g/mol. The van der Waals surface area contributed by atoms with E-state index in [4.69, 9.17) is 10.5 Å². The first-order valence-electron chi connectivity index (χ1n) is 5.31. The van der Waals surface area contributed by atoms with Crippen LogP contribution in [0.1, 0.15) is 5.56 Å². The highest BCUT2D eigenvalue weighted by molar-refractivity contribution is 5.72. The lowest BCUT2D eigenvalue weighted by molar-refractivity contribution is 0.416. The van der Waals surface area contributed by atoms with Crippen molar-refractivity contribution < 1.29 is 4.74 Å². The lowest BCUT2D eigenvalue weighted by Gasteiger charge is -2.10. The highest BCUT2D eigenvalue weighted by Gasteiger charge is 2.08. The number of methoxy groups -OCH3 is 1. The highest BCUT2D eigenvalue weighted by atomic mass is 16.5. The number of aromatic nitrogens is 2. The second kappa shape index (κ2) is 4.37. The zero-order chi connectivity index (χ0) is 12.4. The number of aryl methyl sites for hydroxylation is 2. The van der Waals surface area contributed by atoms with Crippen molar-refractivity contribution in [2.45, 2.75) is 6.92 Å². The molecule has 0 aliphatic carbocycles. The van der Waals surface area contributed by atoms with Crippen molar-refractivity contribution in [3.05, 3.63) is 30.0 Å². The molecule has 5 nitrogen and oxygen atoms in total. The summed E-state index contributed by atoms with van der Waals surface area (Å²) in [4.78, 5) is 0. The Morgan fingerprint density at radius 3 is 2.76 bits per heavy atom. The number of nitrogen functional groups attached to an aromatic ring is 1. The van der Waals surface area contributed by atoms with Crippen LogP contribution in [-0.4, -0.2) is 16.9 Å². The Labute approximate surface area is 100 Å². The van der Waals surface area contributed by atoms with Gasteiger partial charge in [0.05, 0.1) is 18.5 Å². The molecule has 5 heteroatoms. The van der Waals surface area contributed by atoms with Crippen LogP contribution in [0.3, 0.4) is 0 Å². The van der Waals surface area contributed by atoms with Gasteiger partial charge < -0.3 is 15.8 Å². The molecule has 90 valence electrons. The summed E-state index contributed by atoms with van der Waals surface area (Å²) in [5.41, 5.74) is 8.44. The van der Waals surface area contributed by atoms with E-state index in [1.54, 1.807) is 18.0 Å². The van der Waals surface area contributed by atoms with Crippen molar-refractivity contribution in [2.75, 3.05) is 18.2 Å². The van der Waals surface area contributed by atoms with E-state index in [-0.39, 0.29) is 0 Å². The van der Waals surface area contributed by atoms with Gasteiger partial charge in [-0.1, -0.05) is 6.07 Å². The van der Waals surface area contributed by atoms with Gasteiger partial charge in [0.25, 0.3) is 0 Å². The maximum absolute atomic E-state index is 5.83. The molecule has 0 bridgehead atoms. The zero-order valence-corrected chi connectivity index (χ0v) is 10.2. The maximum Gasteiger partial charge on any atom is 0.175 e. The number of ether oxygens (including phenoxy) is 1. The molecule has 0 aliphatic heterocycles. The molecule has 0 spiro atoms. The van der Waals surface area contributed by atoms with Crippen LogP contribution in [0.2, 0.25) is 0 Å². The third kappa shape index (κ3) is 2.33. The van der Waals surface area contributed by atoms with E-state index in [2.05, 4.69) is 10.4 Å². The summed E-state index contributed by atoms with van der Waals surface area (Å²) in [5.74, 6) is 1.40. The molecule has 17 heavy (non-hydrogen) atoms. The molecule has 1 aromatic carbocycles. The Morgan fingerprint density at radius 1 is 1.41 bits per heavy atom. The fourth-order valence-electron chi connectivity index (χ4n) is 1.65. The molecule has 0 fully saturated rings. The summed E-state index contributed by atoms with van der Waals surface area (Å²) >= 11 is 0. The van der Waals surface area contributed by atoms with Gasteiger partial charge in [-0.05, 0) is 24.6 Å². The number of benzene rings is 1. The van der Waals surface area contributed by atoms with Crippen LogP contribution in [-0.2, 0) is 7.05 Å². The second-order valence-corrected chi connectivity index (χ2v) is 3.94. The minimum Gasteiger partial charge on any atom is -0.495 e. The van der Waals surface area contributed by atoms with Gasteiger partial charge >= 0.3 is 0 Å². The summed E-state index contributed by atoms with van der Waals surface area (Å²) in [6, 6.07) is 5.90. The van der Waals surface area contributed by atoms with Crippen molar-refractivity contribution in [3.8, 4) is 5.75 Å². The third-order valence-corrected chi connectivity index (χ3v) is 2.47. The van der Waals surface area contributed by atoms with Gasteiger partial charge in [-0.2, -0.15) is 5.10 Å². The standard InChI is InChI=1S/C12H16N4O/c1-8-4-5-11(17-3)10(6-8)14-12-9(13)7-16(2)15-12/h4-7H,13H2,1-3H3,(H,14,15). The number of nitrogens with two attached hydrogens (primary N) is 1. The summed E-state index contributed by atoms with van der Waals surface area (Å²) in [7, 11) is 3.46. The highest BCUT2D eigenvalue weighted by Crippen LogP contribution is 2.29. The monoisotopic (exact) mass is 232 g/mol. The Balaban J connectivity index is 2.35. The lowest BCUT2D eigenvalue weighted by atomic mass is 10.2. The van der Waals surface area contributed by atoms with Gasteiger partial charge in [-0.3, -0.25) is 4.68 Å². The first kappa shape index (κ1) is 11.3. The zero-order valence-electron chi connectivity index (χ0n) is 10.2. The van der Waals surface area contributed by atoms with Crippen molar-refractivity contribution in [3.63, 3.8) is 0 Å². The van der Waals surface area contributed by atoms with Crippen LogP contribution in [0.15, 0.2) is 24.4 Å². The Morgan fingerprint density at radius 2 is 2.18 bits per heavy atom. The first-order chi connectivity index (χ1) is 8.10. The van der Waals surface area contributed by atoms with Crippen LogP contribution in [0, 0.1) is 6.92 Å².